The fraction of sp³-hybridized carbons (Fsp3) is 0.942. The van der Waals surface area contributed by atoms with Gasteiger partial charge >= 0.3 is 17.9 Å². The average Bonchev–Trinajstić information content (AvgIpc) is 3.75. The van der Waals surface area contributed by atoms with Crippen LogP contribution in [0.2, 0.25) is 0 Å². The van der Waals surface area contributed by atoms with Gasteiger partial charge in [0.25, 0.3) is 0 Å². The van der Waals surface area contributed by atoms with E-state index >= 15 is 0 Å². The van der Waals surface area contributed by atoms with Gasteiger partial charge in [0.15, 0.2) is 18.9 Å². The highest BCUT2D eigenvalue weighted by atomic mass is 17.2. The molecule has 3 aliphatic carbocycles. The van der Waals surface area contributed by atoms with Crippen LogP contribution < -0.4 is 0 Å². The summed E-state index contributed by atoms with van der Waals surface area (Å²) in [5.41, 5.74) is -0.779. The highest BCUT2D eigenvalue weighted by Gasteiger charge is 2.69. The molecule has 12 fully saturated rings. The summed E-state index contributed by atoms with van der Waals surface area (Å²) in [4.78, 5) is 68.6. The molecule has 3 spiro atoms. The lowest BCUT2D eigenvalue weighted by atomic mass is 9.52. The topological polar surface area (TPSA) is 212 Å². The van der Waals surface area contributed by atoms with Crippen LogP contribution in [0.25, 0.3) is 0 Å². The van der Waals surface area contributed by atoms with Crippen molar-refractivity contribution in [3.05, 3.63) is 0 Å². The Hall–Kier alpha value is -2.07. The van der Waals surface area contributed by atoms with Crippen molar-refractivity contribution in [2.75, 3.05) is 19.8 Å². The van der Waals surface area contributed by atoms with E-state index in [0.29, 0.717) is 67.7 Å². The molecule has 9 aliphatic heterocycles. The third-order valence-electron chi connectivity index (χ3n) is 20.4. The van der Waals surface area contributed by atoms with E-state index in [0.717, 1.165) is 57.8 Å². The molecule has 396 valence electrons. The van der Waals surface area contributed by atoms with Crippen molar-refractivity contribution in [2.24, 2.45) is 87.3 Å². The Morgan fingerprint density at radius 2 is 0.986 bits per heavy atom. The minimum absolute atomic E-state index is 0.0466. The van der Waals surface area contributed by atoms with Crippen LogP contribution in [0.1, 0.15) is 152 Å². The Bertz CT molecular complexity index is 1950. The zero-order valence-corrected chi connectivity index (χ0v) is 42.8. The standard InChI is InChI=1S/C20H30O8.C16H26O5.C16H24O5/c1-11-4-5-14-12(2)17(25-16(23)7-6-15(21)22)26-18-20(14)10-24-28-19(3,27-18)9-8-13(11)20;2*1-9-4-5-12-10(2)13(17)19-14-16(12)8-18-21-15(3,20-14)7-6-11(9)16/h11-14,17-18H,4-10H2,1-3H3,(H,21,22);9-14,17H,4-8H2,1-3H3;9-12,14H,4-8H2,1-3H3/t11-,12-,13+,14+,17?,18-,19-,20?;9-,10-,11+,12+,13?,14-,15-,16?;9-,10-,11+,12+,14-,15-,16?/m111/s1. The van der Waals surface area contributed by atoms with Gasteiger partial charge in [0.05, 0.1) is 54.8 Å². The largest absolute Gasteiger partial charge is 0.481 e. The normalized spacial score (nSPS) is 53.9. The average molecular weight is 993 g/mol. The minimum Gasteiger partial charge on any atom is -0.481 e. The summed E-state index contributed by atoms with van der Waals surface area (Å²) in [7, 11) is 0. The first kappa shape index (κ1) is 51.4. The maximum atomic E-state index is 12.2. The Kier molecular flexibility index (Phi) is 13.9. The molecule has 9 saturated heterocycles. The molecule has 6 bridgehead atoms. The van der Waals surface area contributed by atoms with Crippen LogP contribution >= 0.6 is 0 Å². The molecule has 12 rings (SSSR count). The lowest BCUT2D eigenvalue weighted by Crippen LogP contribution is -2.63. The fourth-order valence-corrected chi connectivity index (χ4v) is 16.6. The highest BCUT2D eigenvalue weighted by molar-refractivity contribution is 5.76. The van der Waals surface area contributed by atoms with Gasteiger partial charge in [-0.05, 0) is 113 Å². The molecule has 0 aromatic heterocycles. The first-order chi connectivity index (χ1) is 33.2. The first-order valence-corrected chi connectivity index (χ1v) is 26.7. The molecule has 12 aliphatic rings. The summed E-state index contributed by atoms with van der Waals surface area (Å²) in [5.74, 6) is -0.323. The van der Waals surface area contributed by atoms with Gasteiger partial charge in [-0.25, -0.2) is 29.3 Å². The number of fused-ring (bicyclic) bond motifs is 3. The highest BCUT2D eigenvalue weighted by Crippen LogP contribution is 2.65. The van der Waals surface area contributed by atoms with Crippen LogP contribution in [-0.4, -0.2) is 96.8 Å². The second-order valence-corrected chi connectivity index (χ2v) is 24.4. The zero-order valence-electron chi connectivity index (χ0n) is 42.8. The van der Waals surface area contributed by atoms with Crippen LogP contribution in [0.4, 0.5) is 0 Å². The lowest BCUT2D eigenvalue weighted by molar-refractivity contribution is -0.428. The maximum Gasteiger partial charge on any atom is 0.311 e. The molecule has 18 heteroatoms. The van der Waals surface area contributed by atoms with E-state index in [9.17, 15) is 19.5 Å². The molecular weight excluding hydrogens is 913 g/mol. The number of carboxylic acid groups (broad SMARTS) is 1. The van der Waals surface area contributed by atoms with Crippen LogP contribution in [0.15, 0.2) is 0 Å². The number of carboxylic acids is 1. The van der Waals surface area contributed by atoms with Gasteiger partial charge in [-0.2, -0.15) is 0 Å². The van der Waals surface area contributed by atoms with Crippen molar-refractivity contribution in [3.63, 3.8) is 0 Å². The predicted octanol–water partition coefficient (Wildman–Crippen LogP) is 7.93. The van der Waals surface area contributed by atoms with Crippen LogP contribution in [-0.2, 0) is 76.9 Å². The van der Waals surface area contributed by atoms with Gasteiger partial charge in [0.1, 0.15) is 0 Å². The quantitative estimate of drug-likeness (QED) is 0.202. The smallest absolute Gasteiger partial charge is 0.311 e. The molecule has 2 N–H and O–H groups in total. The Balaban J connectivity index is 0.000000123. The SMILES string of the molecule is C[C@@H]1CC[C@H]2[C@@H](C)C(=O)O[C@@H]3O[C@@]4(C)CC[C@@H]1C32COO4.C[C@@H]1CC[C@H]2[C@@H](C)C(O)O[C@@H]3O[C@@]4(C)CC[C@@H]1C32COO4.C[C@@H]1CC[C@H]2[C@@H](C)C(OC(=O)CCC(=O)O)O[C@@H]3O[C@@]4(C)CC[C@@H]1C32COO4. The van der Waals surface area contributed by atoms with E-state index in [-0.39, 0.29) is 64.6 Å². The minimum atomic E-state index is -1.03. The van der Waals surface area contributed by atoms with Crippen molar-refractivity contribution >= 4 is 17.9 Å². The van der Waals surface area contributed by atoms with Gasteiger partial charge in [0, 0.05) is 31.1 Å². The van der Waals surface area contributed by atoms with Crippen molar-refractivity contribution in [1.29, 1.82) is 0 Å². The van der Waals surface area contributed by atoms with E-state index < -0.39 is 60.8 Å². The van der Waals surface area contributed by atoms with Crippen molar-refractivity contribution in [2.45, 2.75) is 201 Å². The first-order valence-electron chi connectivity index (χ1n) is 26.7. The Morgan fingerprint density at radius 1 is 0.557 bits per heavy atom. The van der Waals surface area contributed by atoms with E-state index in [1.807, 2.05) is 34.6 Å². The molecule has 0 aromatic rings. The number of carbonyl (C=O) groups is 3. The van der Waals surface area contributed by atoms with Crippen LogP contribution in [0.3, 0.4) is 0 Å². The molecular formula is C52H80O18. The number of hydrogen-bond acceptors (Lipinski definition) is 17. The van der Waals surface area contributed by atoms with E-state index in [1.54, 1.807) is 0 Å². The summed E-state index contributed by atoms with van der Waals surface area (Å²) in [6.07, 6.45) is 8.46. The summed E-state index contributed by atoms with van der Waals surface area (Å²) >= 11 is 0. The third kappa shape index (κ3) is 8.49. The molecule has 0 radical (unpaired) electrons. The molecule has 0 amide bonds. The molecule has 9 heterocycles. The number of esters is 2. The monoisotopic (exact) mass is 993 g/mol. The van der Waals surface area contributed by atoms with Crippen LogP contribution in [0, 0.1) is 87.3 Å². The summed E-state index contributed by atoms with van der Waals surface area (Å²) in [6.45, 7) is 20.1. The van der Waals surface area contributed by atoms with Gasteiger partial charge < -0.3 is 43.4 Å². The van der Waals surface area contributed by atoms with E-state index in [4.69, 9.17) is 67.6 Å². The van der Waals surface area contributed by atoms with Gasteiger partial charge in [0.2, 0.25) is 29.9 Å². The Labute approximate surface area is 412 Å². The number of aliphatic carboxylic acids is 1. The molecule has 5 unspecified atom stereocenters. The molecule has 3 saturated carbocycles. The zero-order chi connectivity index (χ0) is 49.8. The Morgan fingerprint density at radius 3 is 1.47 bits per heavy atom. The number of aliphatic hydroxyl groups is 1. The van der Waals surface area contributed by atoms with Crippen molar-refractivity contribution in [1.82, 2.24) is 0 Å². The third-order valence-corrected chi connectivity index (χ3v) is 20.4. The van der Waals surface area contributed by atoms with Gasteiger partial charge in [-0.1, -0.05) is 60.8 Å². The second kappa shape index (κ2) is 18.9. The number of ether oxygens (including phenoxy) is 7. The summed E-state index contributed by atoms with van der Waals surface area (Å²) in [5, 5.41) is 19.1. The predicted molar refractivity (Wildman–Crippen MR) is 241 cm³/mol. The molecule has 18 nitrogen and oxygen atoms in total. The van der Waals surface area contributed by atoms with Gasteiger partial charge in [-0.3, -0.25) is 14.4 Å². The molecule has 23 atom stereocenters. The molecule has 70 heavy (non-hydrogen) atoms. The van der Waals surface area contributed by atoms with E-state index in [1.165, 1.54) is 12.8 Å². The van der Waals surface area contributed by atoms with Crippen molar-refractivity contribution < 1.29 is 87.1 Å². The summed E-state index contributed by atoms with van der Waals surface area (Å²) < 4.78 is 42.1. The lowest BCUT2D eigenvalue weighted by Gasteiger charge is -2.58. The van der Waals surface area contributed by atoms with Crippen LogP contribution in [0.5, 0.6) is 0 Å². The molecule has 0 aromatic carbocycles. The number of hydrogen-bond donors (Lipinski definition) is 2. The van der Waals surface area contributed by atoms with Crippen molar-refractivity contribution in [3.8, 4) is 0 Å². The summed E-state index contributed by atoms with van der Waals surface area (Å²) in [6, 6.07) is 0. The van der Waals surface area contributed by atoms with Gasteiger partial charge in [-0.15, -0.1) is 0 Å². The second-order valence-electron chi connectivity index (χ2n) is 24.4. The number of carbonyl (C=O) groups excluding carboxylic acids is 2. The maximum absolute atomic E-state index is 12.2. The fourth-order valence-electron chi connectivity index (χ4n) is 16.6. The van der Waals surface area contributed by atoms with E-state index in [2.05, 4.69) is 27.7 Å². The number of rotatable bonds is 4. The number of aliphatic hydroxyl groups excluding tert-OH is 1.